The molecule has 1 saturated heterocycles. The number of urea groups is 1. The highest BCUT2D eigenvalue weighted by molar-refractivity contribution is 6.32. The van der Waals surface area contributed by atoms with Gasteiger partial charge < -0.3 is 10.2 Å². The number of nitrogens with one attached hydrogen (secondary N) is 1. The molecule has 0 spiro atoms. The summed E-state index contributed by atoms with van der Waals surface area (Å²) < 4.78 is 0. The van der Waals surface area contributed by atoms with Gasteiger partial charge in [0.25, 0.3) is 5.91 Å². The molecule has 0 saturated carbocycles. The Morgan fingerprint density at radius 1 is 1.07 bits per heavy atom. The van der Waals surface area contributed by atoms with Gasteiger partial charge in [0.2, 0.25) is 5.91 Å². The molecule has 2 aromatic carbocycles. The fraction of sp³-hybridized carbons (Fsp3) is 0.348. The Morgan fingerprint density at radius 3 is 2.27 bits per heavy atom. The van der Waals surface area contributed by atoms with Crippen LogP contribution in [0.25, 0.3) is 0 Å². The van der Waals surface area contributed by atoms with Gasteiger partial charge in [-0.05, 0) is 39.3 Å². The molecule has 4 amide bonds. The number of nitrogens with zero attached hydrogens (tertiary/aromatic N) is 2. The van der Waals surface area contributed by atoms with Crippen LogP contribution in [0.5, 0.6) is 0 Å². The molecule has 7 heteroatoms. The van der Waals surface area contributed by atoms with Crippen molar-refractivity contribution in [3.05, 3.63) is 70.7 Å². The van der Waals surface area contributed by atoms with E-state index in [0.717, 1.165) is 10.5 Å². The van der Waals surface area contributed by atoms with Crippen molar-refractivity contribution < 1.29 is 14.4 Å². The molecule has 0 aromatic heterocycles. The minimum atomic E-state index is -1.32. The summed E-state index contributed by atoms with van der Waals surface area (Å²) in [6.07, 6.45) is 0. The first-order valence-corrected chi connectivity index (χ1v) is 10.2. The van der Waals surface area contributed by atoms with Gasteiger partial charge in [-0.15, -0.1) is 0 Å². The van der Waals surface area contributed by atoms with Crippen LogP contribution < -0.4 is 5.32 Å². The van der Waals surface area contributed by atoms with E-state index >= 15 is 0 Å². The predicted octanol–water partition coefficient (Wildman–Crippen LogP) is 3.93. The third-order valence-electron chi connectivity index (χ3n) is 5.28. The normalized spacial score (nSPS) is 19.0. The lowest BCUT2D eigenvalue weighted by Crippen LogP contribution is -2.50. The molecule has 3 rings (SSSR count). The zero-order valence-electron chi connectivity index (χ0n) is 17.6. The lowest BCUT2D eigenvalue weighted by atomic mass is 9.92. The van der Waals surface area contributed by atoms with Crippen LogP contribution in [0.15, 0.2) is 54.6 Å². The number of carbonyl (C=O) groups excluding carboxylic acids is 3. The number of carbonyl (C=O) groups is 3. The molecule has 158 valence electrons. The molecule has 1 aliphatic heterocycles. The van der Waals surface area contributed by atoms with E-state index in [9.17, 15) is 14.4 Å². The fourth-order valence-corrected chi connectivity index (χ4v) is 3.90. The van der Waals surface area contributed by atoms with Gasteiger partial charge in [-0.3, -0.25) is 14.5 Å². The van der Waals surface area contributed by atoms with Gasteiger partial charge in [0.05, 0.1) is 0 Å². The molecule has 6 nitrogen and oxygen atoms in total. The van der Waals surface area contributed by atoms with Crippen LogP contribution in [0, 0.1) is 0 Å². The first-order valence-electron chi connectivity index (χ1n) is 9.77. The summed E-state index contributed by atoms with van der Waals surface area (Å²) in [4.78, 5) is 41.6. The Balaban J connectivity index is 1.83. The van der Waals surface area contributed by atoms with Crippen molar-refractivity contribution in [1.82, 2.24) is 15.1 Å². The summed E-state index contributed by atoms with van der Waals surface area (Å²) in [5.74, 6) is -0.805. The molecular weight excluding hydrogens is 402 g/mol. The molecule has 2 aromatic rings. The van der Waals surface area contributed by atoms with Crippen LogP contribution >= 0.6 is 11.6 Å². The third-order valence-corrected chi connectivity index (χ3v) is 5.60. The van der Waals surface area contributed by atoms with E-state index in [4.69, 9.17) is 11.6 Å². The molecule has 0 aliphatic carbocycles. The maximum Gasteiger partial charge on any atom is 0.325 e. The van der Waals surface area contributed by atoms with Crippen LogP contribution in [0.3, 0.4) is 0 Å². The monoisotopic (exact) mass is 427 g/mol. The zero-order valence-corrected chi connectivity index (χ0v) is 18.4. The molecule has 30 heavy (non-hydrogen) atoms. The van der Waals surface area contributed by atoms with Crippen LogP contribution in [0.1, 0.15) is 38.8 Å². The Morgan fingerprint density at radius 2 is 1.67 bits per heavy atom. The van der Waals surface area contributed by atoms with Crippen molar-refractivity contribution in [2.45, 2.75) is 45.3 Å². The van der Waals surface area contributed by atoms with Gasteiger partial charge in [0, 0.05) is 22.7 Å². The van der Waals surface area contributed by atoms with E-state index in [-0.39, 0.29) is 12.5 Å². The van der Waals surface area contributed by atoms with Crippen LogP contribution in [0.2, 0.25) is 5.02 Å². The van der Waals surface area contributed by atoms with E-state index < -0.39 is 23.0 Å². The Kier molecular flexibility index (Phi) is 5.90. The van der Waals surface area contributed by atoms with Crippen molar-refractivity contribution in [2.75, 3.05) is 6.54 Å². The summed E-state index contributed by atoms with van der Waals surface area (Å²) >= 11 is 6.26. The number of benzene rings is 2. The highest BCUT2D eigenvalue weighted by Gasteiger charge is 2.50. The first-order chi connectivity index (χ1) is 14.0. The number of rotatable bonds is 5. The lowest BCUT2D eigenvalue weighted by molar-refractivity contribution is -0.142. The van der Waals surface area contributed by atoms with E-state index in [1.54, 1.807) is 36.1 Å². The average Bonchev–Trinajstić information content (AvgIpc) is 2.90. The van der Waals surface area contributed by atoms with E-state index in [2.05, 4.69) is 5.32 Å². The number of hydrogen-bond donors (Lipinski definition) is 1. The maximum atomic E-state index is 13.2. The molecule has 0 radical (unpaired) electrons. The molecule has 0 unspecified atom stereocenters. The minimum Gasteiger partial charge on any atom is -0.332 e. The SMILES string of the molecule is CC(C)(C)N(Cc1ccccc1)C(=O)CN1C(=O)N[C@](C)(c2ccccc2Cl)C1=O. The highest BCUT2D eigenvalue weighted by Crippen LogP contribution is 2.33. The van der Waals surface area contributed by atoms with E-state index in [0.29, 0.717) is 17.1 Å². The minimum absolute atomic E-state index is 0.307. The van der Waals surface area contributed by atoms with Crippen LogP contribution in [-0.4, -0.2) is 39.7 Å². The Hall–Kier alpha value is -2.86. The van der Waals surface area contributed by atoms with Gasteiger partial charge in [-0.2, -0.15) is 0 Å². The molecular formula is C23H26ClN3O3. The smallest absolute Gasteiger partial charge is 0.325 e. The fourth-order valence-electron chi connectivity index (χ4n) is 3.58. The largest absolute Gasteiger partial charge is 0.332 e. The van der Waals surface area contributed by atoms with Crippen LogP contribution in [0.4, 0.5) is 4.79 Å². The second-order valence-electron chi connectivity index (χ2n) is 8.56. The maximum absolute atomic E-state index is 13.2. The summed E-state index contributed by atoms with van der Waals surface area (Å²) in [7, 11) is 0. The lowest BCUT2D eigenvalue weighted by Gasteiger charge is -2.36. The topological polar surface area (TPSA) is 69.7 Å². The van der Waals surface area contributed by atoms with Crippen molar-refractivity contribution in [3.8, 4) is 0 Å². The van der Waals surface area contributed by atoms with Gasteiger partial charge in [-0.25, -0.2) is 4.79 Å². The van der Waals surface area contributed by atoms with Crippen LogP contribution in [-0.2, 0) is 21.7 Å². The Bertz CT molecular complexity index is 971. The number of halogens is 1. The molecule has 1 atom stereocenters. The molecule has 1 aliphatic rings. The van der Waals surface area contributed by atoms with E-state index in [1.807, 2.05) is 51.1 Å². The number of imide groups is 1. The number of hydrogen-bond acceptors (Lipinski definition) is 3. The molecule has 1 fully saturated rings. The number of amides is 4. The van der Waals surface area contributed by atoms with Crippen molar-refractivity contribution in [3.63, 3.8) is 0 Å². The van der Waals surface area contributed by atoms with Gasteiger partial charge in [-0.1, -0.05) is 60.1 Å². The van der Waals surface area contributed by atoms with Crippen molar-refractivity contribution in [2.24, 2.45) is 0 Å². The summed E-state index contributed by atoms with van der Waals surface area (Å²) in [5, 5.41) is 3.08. The van der Waals surface area contributed by atoms with Gasteiger partial charge >= 0.3 is 6.03 Å². The second-order valence-corrected chi connectivity index (χ2v) is 8.97. The summed E-state index contributed by atoms with van der Waals surface area (Å²) in [6.45, 7) is 7.42. The first kappa shape index (κ1) is 21.8. The Labute approximate surface area is 181 Å². The quantitative estimate of drug-likeness (QED) is 0.735. The van der Waals surface area contributed by atoms with E-state index in [1.165, 1.54) is 0 Å². The third kappa shape index (κ3) is 4.19. The zero-order chi connectivity index (χ0) is 22.1. The molecule has 1 N–H and O–H groups in total. The predicted molar refractivity (Wildman–Crippen MR) is 116 cm³/mol. The standard InChI is InChI=1S/C23H26ClN3O3/c1-22(2,3)27(14-16-10-6-5-7-11-16)19(28)15-26-20(29)23(4,25-21(26)30)17-12-8-9-13-18(17)24/h5-13H,14-15H2,1-4H3,(H,25,30)/t23-/m1/s1. The molecule has 1 heterocycles. The molecule has 0 bridgehead atoms. The summed E-state index contributed by atoms with van der Waals surface area (Å²) in [5.41, 5.74) is -0.337. The second kappa shape index (κ2) is 8.11. The summed E-state index contributed by atoms with van der Waals surface area (Å²) in [6, 6.07) is 15.9. The highest BCUT2D eigenvalue weighted by atomic mass is 35.5. The van der Waals surface area contributed by atoms with Gasteiger partial charge in [0.15, 0.2) is 0 Å². The van der Waals surface area contributed by atoms with Crippen molar-refractivity contribution in [1.29, 1.82) is 0 Å². The van der Waals surface area contributed by atoms with Crippen molar-refractivity contribution >= 4 is 29.4 Å². The average molecular weight is 428 g/mol. The van der Waals surface area contributed by atoms with Gasteiger partial charge in [0.1, 0.15) is 12.1 Å².